The minimum atomic E-state index is 0. The summed E-state index contributed by atoms with van der Waals surface area (Å²) in [5.74, 6) is 1.94. The molecule has 0 atom stereocenters. The van der Waals surface area contributed by atoms with Crippen molar-refractivity contribution in [2.24, 2.45) is 0 Å². The van der Waals surface area contributed by atoms with Gasteiger partial charge < -0.3 is 5.23 Å². The van der Waals surface area contributed by atoms with Crippen LogP contribution in [0.1, 0.15) is 0 Å². The minimum absolute atomic E-state index is 0. The fraction of sp³-hybridized carbons (Fsp3) is 0. The third-order valence-corrected chi connectivity index (χ3v) is 0.607. The smallest absolute Gasteiger partial charge is 0.273 e. The zero-order chi connectivity index (χ0) is 4.24. The summed E-state index contributed by atoms with van der Waals surface area (Å²) in [6.45, 7) is 0. The molecule has 0 aromatic rings. The molecule has 0 saturated heterocycles. The predicted octanol–water partition coefficient (Wildman–Crippen LogP) is 0.234. The quantitative estimate of drug-likeness (QED) is 0.618. The molecule has 0 aromatic carbocycles. The van der Waals surface area contributed by atoms with Crippen LogP contribution in [0.3, 0.4) is 0 Å². The molecule has 0 saturated carbocycles. The predicted molar refractivity (Wildman–Crippen MR) is 27.2 cm³/mol. The zero-order valence-electron chi connectivity index (χ0n) is 3.76. The Kier molecular flexibility index (Phi) is 4.18. The van der Waals surface area contributed by atoms with Crippen molar-refractivity contribution < 1.29 is 20.4 Å². The van der Waals surface area contributed by atoms with E-state index < -0.39 is 0 Å². The second-order valence-corrected chi connectivity index (χ2v) is 1.08. The van der Waals surface area contributed by atoms with Gasteiger partial charge in [0.25, 0.3) is 7.41 Å². The van der Waals surface area contributed by atoms with Crippen molar-refractivity contribution in [1.29, 1.82) is 0 Å². The Balaban J connectivity index is 0.000000360. The Labute approximate surface area is 57.8 Å². The van der Waals surface area contributed by atoms with Crippen LogP contribution in [-0.4, -0.2) is 7.41 Å². The number of hydrogen-bond donors (Lipinski definition) is 1. The van der Waals surface area contributed by atoms with E-state index >= 15 is 0 Å². The van der Waals surface area contributed by atoms with Crippen molar-refractivity contribution in [2.75, 3.05) is 0 Å². The molecule has 7 heavy (non-hydrogen) atoms. The van der Waals surface area contributed by atoms with E-state index in [4.69, 9.17) is 0 Å². The molecule has 0 aromatic heterocycles. The van der Waals surface area contributed by atoms with Gasteiger partial charge in [0.2, 0.25) is 0 Å². The van der Waals surface area contributed by atoms with Gasteiger partial charge in [-0.3, -0.25) is 0 Å². The van der Waals surface area contributed by atoms with Crippen LogP contribution in [0.25, 0.3) is 0 Å². The third-order valence-electron chi connectivity index (χ3n) is 0.607. The summed E-state index contributed by atoms with van der Waals surface area (Å²) >= 11 is 0. The Hall–Kier alpha value is 0.00727. The van der Waals surface area contributed by atoms with Gasteiger partial charge in [0.15, 0.2) is 0 Å². The maximum atomic E-state index is 2.89. The van der Waals surface area contributed by atoms with Gasteiger partial charge in [0, 0.05) is 20.4 Å². The standard InChI is InChI=1S/C4H5BN.Re/c1-2-4-6-5-3-1;/h1-4,6H;. The van der Waals surface area contributed by atoms with Gasteiger partial charge in [-0.15, -0.1) is 0 Å². The van der Waals surface area contributed by atoms with E-state index in [2.05, 4.69) is 5.23 Å². The van der Waals surface area contributed by atoms with Gasteiger partial charge in [0.05, 0.1) is 0 Å². The van der Waals surface area contributed by atoms with Crippen molar-refractivity contribution >= 4 is 7.41 Å². The molecular weight excluding hydrogens is 259 g/mol. The Morgan fingerprint density at radius 1 is 1.29 bits per heavy atom. The molecule has 0 amide bonds. The summed E-state index contributed by atoms with van der Waals surface area (Å²) in [6.07, 6.45) is 5.79. The fourth-order valence-corrected chi connectivity index (χ4v) is 0.342. The van der Waals surface area contributed by atoms with Crippen molar-refractivity contribution in [3.05, 3.63) is 24.3 Å². The molecule has 0 aliphatic carbocycles. The van der Waals surface area contributed by atoms with Crippen molar-refractivity contribution in [3.63, 3.8) is 0 Å². The zero-order valence-corrected chi connectivity index (χ0v) is 6.48. The molecule has 0 unspecified atom stereocenters. The topological polar surface area (TPSA) is 12.0 Å². The monoisotopic (exact) mass is 265 g/mol. The number of hydrogen-bond acceptors (Lipinski definition) is 1. The summed E-state index contributed by atoms with van der Waals surface area (Å²) in [7, 11) is 1.88. The molecule has 0 bridgehead atoms. The summed E-state index contributed by atoms with van der Waals surface area (Å²) < 4.78 is 0. The Bertz CT molecular complexity index is 77.7. The van der Waals surface area contributed by atoms with E-state index in [-0.39, 0.29) is 20.4 Å². The first-order valence-corrected chi connectivity index (χ1v) is 1.91. The molecule has 36 valence electrons. The van der Waals surface area contributed by atoms with Gasteiger partial charge in [-0.2, -0.15) is 0 Å². The molecule has 1 heterocycles. The second-order valence-electron chi connectivity index (χ2n) is 1.08. The van der Waals surface area contributed by atoms with Crippen LogP contribution in [-0.2, 0) is 20.4 Å². The van der Waals surface area contributed by atoms with Crippen LogP contribution in [0.15, 0.2) is 24.3 Å². The van der Waals surface area contributed by atoms with E-state index in [1.807, 2.05) is 31.7 Å². The maximum absolute atomic E-state index is 2.89. The molecule has 1 nitrogen and oxygen atoms in total. The molecule has 0 fully saturated rings. The van der Waals surface area contributed by atoms with Crippen LogP contribution in [0.2, 0.25) is 0 Å². The SMILES string of the molecule is [B]1C=CC=CN1.[Re]. The average molecular weight is 264 g/mol. The van der Waals surface area contributed by atoms with E-state index in [0.29, 0.717) is 0 Å². The second kappa shape index (κ2) is 4.17. The van der Waals surface area contributed by atoms with Crippen LogP contribution >= 0.6 is 0 Å². The number of nitrogens with one attached hydrogen (secondary N) is 1. The fourth-order valence-electron chi connectivity index (χ4n) is 0.342. The summed E-state index contributed by atoms with van der Waals surface area (Å²) in [6, 6.07) is 0. The number of allylic oxidation sites excluding steroid dienone is 2. The Morgan fingerprint density at radius 2 is 2.14 bits per heavy atom. The summed E-state index contributed by atoms with van der Waals surface area (Å²) in [5, 5.41) is 2.89. The first-order valence-electron chi connectivity index (χ1n) is 1.91. The van der Waals surface area contributed by atoms with Gasteiger partial charge in [-0.05, 0) is 12.3 Å². The third kappa shape index (κ3) is 2.67. The van der Waals surface area contributed by atoms with Gasteiger partial charge >= 0.3 is 0 Å². The van der Waals surface area contributed by atoms with Gasteiger partial charge in [0.1, 0.15) is 0 Å². The molecule has 1 rings (SSSR count). The molecule has 3 heteroatoms. The van der Waals surface area contributed by atoms with Crippen molar-refractivity contribution in [2.45, 2.75) is 0 Å². The van der Waals surface area contributed by atoms with Crippen molar-refractivity contribution in [1.82, 2.24) is 5.23 Å². The maximum Gasteiger partial charge on any atom is 0.273 e. The molecular formula is C4H5BNRe. The van der Waals surface area contributed by atoms with Gasteiger partial charge in [-0.25, -0.2) is 0 Å². The van der Waals surface area contributed by atoms with Crippen LogP contribution in [0.5, 0.6) is 0 Å². The molecule has 1 aliphatic heterocycles. The van der Waals surface area contributed by atoms with Crippen LogP contribution in [0, 0.1) is 0 Å². The minimum Gasteiger partial charge on any atom is -0.434 e. The largest absolute Gasteiger partial charge is 0.434 e. The van der Waals surface area contributed by atoms with E-state index in [1.165, 1.54) is 0 Å². The number of rotatable bonds is 0. The van der Waals surface area contributed by atoms with E-state index in [0.717, 1.165) is 0 Å². The normalized spacial score (nSPS) is 13.7. The van der Waals surface area contributed by atoms with Gasteiger partial charge in [-0.1, -0.05) is 12.1 Å². The Morgan fingerprint density at radius 3 is 2.29 bits per heavy atom. The average Bonchev–Trinajstić information content (AvgIpc) is 1.72. The molecule has 1 aliphatic rings. The van der Waals surface area contributed by atoms with Crippen LogP contribution < -0.4 is 5.23 Å². The van der Waals surface area contributed by atoms with E-state index in [9.17, 15) is 0 Å². The first kappa shape index (κ1) is 7.01. The van der Waals surface area contributed by atoms with Crippen molar-refractivity contribution in [3.8, 4) is 0 Å². The van der Waals surface area contributed by atoms with Crippen LogP contribution in [0.4, 0.5) is 0 Å². The molecule has 2 radical (unpaired) electrons. The molecule has 1 N–H and O–H groups in total. The summed E-state index contributed by atoms with van der Waals surface area (Å²) in [5.41, 5.74) is 0. The van der Waals surface area contributed by atoms with E-state index in [1.54, 1.807) is 0 Å². The first-order chi connectivity index (χ1) is 3.00. The summed E-state index contributed by atoms with van der Waals surface area (Å²) in [4.78, 5) is 0. The molecule has 0 spiro atoms.